The molecule has 3 aromatic rings. The van der Waals surface area contributed by atoms with Gasteiger partial charge in [-0.3, -0.25) is 0 Å². The van der Waals surface area contributed by atoms with Crippen molar-refractivity contribution in [2.24, 2.45) is 0 Å². The maximum atomic E-state index is 5.95. The van der Waals surface area contributed by atoms with Crippen LogP contribution in [0.1, 0.15) is 0 Å². The molecule has 90 valence electrons. The SMILES string of the molecule is CSc1[nH]c2ccccc2c1-c1ccc(Cl)cc1. The van der Waals surface area contributed by atoms with E-state index >= 15 is 0 Å². The lowest BCUT2D eigenvalue weighted by atomic mass is 10.1. The second kappa shape index (κ2) is 4.71. The first-order valence-electron chi connectivity index (χ1n) is 5.70. The summed E-state index contributed by atoms with van der Waals surface area (Å²) >= 11 is 7.68. The quantitative estimate of drug-likeness (QED) is 0.634. The van der Waals surface area contributed by atoms with Crippen molar-refractivity contribution in [3.63, 3.8) is 0 Å². The van der Waals surface area contributed by atoms with Crippen LogP contribution >= 0.6 is 23.4 Å². The highest BCUT2D eigenvalue weighted by Gasteiger charge is 2.12. The third kappa shape index (κ3) is 1.92. The predicted molar refractivity (Wildman–Crippen MR) is 80.5 cm³/mol. The van der Waals surface area contributed by atoms with Crippen molar-refractivity contribution >= 4 is 34.3 Å². The number of halogens is 1. The van der Waals surface area contributed by atoms with Crippen LogP contribution in [0, 0.1) is 0 Å². The van der Waals surface area contributed by atoms with Crippen LogP contribution in [0.5, 0.6) is 0 Å². The van der Waals surface area contributed by atoms with Gasteiger partial charge in [0, 0.05) is 21.5 Å². The molecule has 0 bridgehead atoms. The number of aromatic nitrogens is 1. The van der Waals surface area contributed by atoms with Gasteiger partial charge in [0.05, 0.1) is 5.03 Å². The molecule has 1 aromatic heterocycles. The number of benzene rings is 2. The fourth-order valence-corrected chi connectivity index (χ4v) is 2.94. The molecule has 0 aliphatic carbocycles. The zero-order valence-corrected chi connectivity index (χ0v) is 11.5. The molecule has 0 fully saturated rings. The summed E-state index contributed by atoms with van der Waals surface area (Å²) in [5.41, 5.74) is 3.63. The summed E-state index contributed by atoms with van der Waals surface area (Å²) < 4.78 is 0. The van der Waals surface area contributed by atoms with E-state index in [1.807, 2.05) is 12.1 Å². The predicted octanol–water partition coefficient (Wildman–Crippen LogP) is 5.21. The van der Waals surface area contributed by atoms with E-state index in [1.165, 1.54) is 27.1 Å². The molecule has 0 unspecified atom stereocenters. The Bertz CT molecular complexity index is 685. The van der Waals surface area contributed by atoms with E-state index in [1.54, 1.807) is 11.8 Å². The standard InChI is InChI=1S/C15H12ClNS/c1-18-15-14(10-6-8-11(16)9-7-10)12-4-2-3-5-13(12)17-15/h2-9,17H,1H3. The number of hydrogen-bond acceptors (Lipinski definition) is 1. The van der Waals surface area contributed by atoms with E-state index in [0.29, 0.717) is 0 Å². The molecule has 1 nitrogen and oxygen atoms in total. The molecule has 3 heteroatoms. The molecular formula is C15H12ClNS. The number of aromatic amines is 1. The maximum Gasteiger partial charge on any atom is 0.0809 e. The Morgan fingerprint density at radius 2 is 1.72 bits per heavy atom. The van der Waals surface area contributed by atoms with E-state index in [-0.39, 0.29) is 0 Å². The van der Waals surface area contributed by atoms with Gasteiger partial charge in [-0.05, 0) is 30.0 Å². The van der Waals surface area contributed by atoms with Gasteiger partial charge in [-0.15, -0.1) is 11.8 Å². The number of para-hydroxylation sites is 1. The van der Waals surface area contributed by atoms with E-state index in [9.17, 15) is 0 Å². The Kier molecular flexibility index (Phi) is 3.06. The lowest BCUT2D eigenvalue weighted by Crippen LogP contribution is -1.78. The highest BCUT2D eigenvalue weighted by atomic mass is 35.5. The van der Waals surface area contributed by atoms with E-state index < -0.39 is 0 Å². The Morgan fingerprint density at radius 1 is 1.00 bits per heavy atom. The van der Waals surface area contributed by atoms with Gasteiger partial charge in [-0.2, -0.15) is 0 Å². The Labute approximate surface area is 115 Å². The van der Waals surface area contributed by atoms with Crippen LogP contribution in [0.3, 0.4) is 0 Å². The van der Waals surface area contributed by atoms with Crippen molar-refractivity contribution in [1.82, 2.24) is 4.98 Å². The van der Waals surface area contributed by atoms with Crippen molar-refractivity contribution in [1.29, 1.82) is 0 Å². The van der Waals surface area contributed by atoms with Gasteiger partial charge in [0.1, 0.15) is 0 Å². The average Bonchev–Trinajstić information content (AvgIpc) is 2.78. The highest BCUT2D eigenvalue weighted by Crippen LogP contribution is 2.37. The number of fused-ring (bicyclic) bond motifs is 1. The van der Waals surface area contributed by atoms with Gasteiger partial charge in [-0.1, -0.05) is 41.9 Å². The first-order chi connectivity index (χ1) is 8.79. The summed E-state index contributed by atoms with van der Waals surface area (Å²) in [5.74, 6) is 0. The molecule has 0 aliphatic heterocycles. The van der Waals surface area contributed by atoms with Crippen LogP contribution < -0.4 is 0 Å². The molecule has 1 N–H and O–H groups in total. The molecule has 0 amide bonds. The van der Waals surface area contributed by atoms with Crippen LogP contribution in [0.25, 0.3) is 22.0 Å². The van der Waals surface area contributed by atoms with Crippen molar-refractivity contribution in [3.05, 3.63) is 53.6 Å². The maximum absolute atomic E-state index is 5.95. The minimum absolute atomic E-state index is 0.768. The lowest BCUT2D eigenvalue weighted by Gasteiger charge is -2.03. The molecule has 18 heavy (non-hydrogen) atoms. The Balaban J connectivity index is 2.29. The molecule has 1 heterocycles. The second-order valence-electron chi connectivity index (χ2n) is 4.09. The number of nitrogens with one attached hydrogen (secondary N) is 1. The topological polar surface area (TPSA) is 15.8 Å². The van der Waals surface area contributed by atoms with Gasteiger partial charge >= 0.3 is 0 Å². The monoisotopic (exact) mass is 273 g/mol. The summed E-state index contributed by atoms with van der Waals surface area (Å²) in [6, 6.07) is 16.4. The van der Waals surface area contributed by atoms with Gasteiger partial charge in [0.2, 0.25) is 0 Å². The number of rotatable bonds is 2. The summed E-state index contributed by atoms with van der Waals surface area (Å²) in [5, 5.41) is 3.21. The molecule has 2 aromatic carbocycles. The first-order valence-corrected chi connectivity index (χ1v) is 7.30. The van der Waals surface area contributed by atoms with E-state index in [0.717, 1.165) is 5.02 Å². The largest absolute Gasteiger partial charge is 0.349 e. The van der Waals surface area contributed by atoms with Gasteiger partial charge in [0.25, 0.3) is 0 Å². The number of hydrogen-bond donors (Lipinski definition) is 1. The normalized spacial score (nSPS) is 11.0. The van der Waals surface area contributed by atoms with Crippen LogP contribution in [-0.4, -0.2) is 11.2 Å². The lowest BCUT2D eigenvalue weighted by molar-refractivity contribution is 1.25. The van der Waals surface area contributed by atoms with Crippen molar-refractivity contribution in [3.8, 4) is 11.1 Å². The third-order valence-corrected chi connectivity index (χ3v) is 3.98. The molecule has 0 saturated carbocycles. The molecule has 0 aliphatic rings. The fraction of sp³-hybridized carbons (Fsp3) is 0.0667. The highest BCUT2D eigenvalue weighted by molar-refractivity contribution is 7.98. The van der Waals surface area contributed by atoms with Crippen molar-refractivity contribution < 1.29 is 0 Å². The molecule has 0 spiro atoms. The molecule has 0 radical (unpaired) electrons. The molecule has 0 atom stereocenters. The van der Waals surface area contributed by atoms with E-state index in [4.69, 9.17) is 11.6 Å². The zero-order chi connectivity index (χ0) is 12.5. The van der Waals surface area contributed by atoms with Gasteiger partial charge in [-0.25, -0.2) is 0 Å². The van der Waals surface area contributed by atoms with Crippen LogP contribution in [-0.2, 0) is 0 Å². The van der Waals surface area contributed by atoms with Crippen molar-refractivity contribution in [2.45, 2.75) is 5.03 Å². The minimum Gasteiger partial charge on any atom is -0.349 e. The first kappa shape index (κ1) is 11.7. The van der Waals surface area contributed by atoms with E-state index in [2.05, 4.69) is 47.6 Å². The van der Waals surface area contributed by atoms with Crippen LogP contribution in [0.15, 0.2) is 53.6 Å². The molecular weight excluding hydrogens is 262 g/mol. The van der Waals surface area contributed by atoms with Crippen molar-refractivity contribution in [2.75, 3.05) is 6.26 Å². The summed E-state index contributed by atoms with van der Waals surface area (Å²) in [6.07, 6.45) is 2.09. The van der Waals surface area contributed by atoms with Gasteiger partial charge in [0.15, 0.2) is 0 Å². The van der Waals surface area contributed by atoms with Gasteiger partial charge < -0.3 is 4.98 Å². The zero-order valence-electron chi connectivity index (χ0n) is 9.91. The number of thioether (sulfide) groups is 1. The summed E-state index contributed by atoms with van der Waals surface area (Å²) in [4.78, 5) is 3.46. The fourth-order valence-electron chi connectivity index (χ4n) is 2.17. The summed E-state index contributed by atoms with van der Waals surface area (Å²) in [7, 11) is 0. The average molecular weight is 274 g/mol. The number of H-pyrrole nitrogens is 1. The smallest absolute Gasteiger partial charge is 0.0809 e. The molecule has 3 rings (SSSR count). The summed E-state index contributed by atoms with van der Waals surface area (Å²) in [6.45, 7) is 0. The Morgan fingerprint density at radius 3 is 2.44 bits per heavy atom. The minimum atomic E-state index is 0.768. The second-order valence-corrected chi connectivity index (χ2v) is 5.34. The van der Waals surface area contributed by atoms with Crippen LogP contribution in [0.2, 0.25) is 5.02 Å². The van der Waals surface area contributed by atoms with Crippen LogP contribution in [0.4, 0.5) is 0 Å². The Hall–Kier alpha value is -1.38. The molecule has 0 saturated heterocycles. The third-order valence-electron chi connectivity index (χ3n) is 3.01.